The summed E-state index contributed by atoms with van der Waals surface area (Å²) in [4.78, 5) is 15.9. The Morgan fingerprint density at radius 3 is 2.84 bits per heavy atom. The first-order valence-corrected chi connectivity index (χ1v) is 6.77. The van der Waals surface area contributed by atoms with Gasteiger partial charge in [0, 0.05) is 6.54 Å². The van der Waals surface area contributed by atoms with Gasteiger partial charge in [-0.05, 0) is 37.7 Å². The summed E-state index contributed by atoms with van der Waals surface area (Å²) in [6, 6.07) is 1.56. The van der Waals surface area contributed by atoms with Gasteiger partial charge in [-0.1, -0.05) is 6.92 Å². The Hall–Kier alpha value is -1.78. The van der Waals surface area contributed by atoms with Gasteiger partial charge in [-0.25, -0.2) is 9.78 Å². The van der Waals surface area contributed by atoms with Crippen LogP contribution in [-0.4, -0.2) is 24.1 Å². The molecule has 0 saturated heterocycles. The van der Waals surface area contributed by atoms with Crippen LogP contribution < -0.4 is 11.1 Å². The quantitative estimate of drug-likeness (QED) is 0.771. The number of rotatable bonds is 6. The van der Waals surface area contributed by atoms with E-state index < -0.39 is 0 Å². The predicted molar refractivity (Wildman–Crippen MR) is 75.1 cm³/mol. The zero-order chi connectivity index (χ0) is 13.9. The van der Waals surface area contributed by atoms with E-state index in [1.54, 1.807) is 19.2 Å². The molecule has 1 aliphatic carbocycles. The standard InChI is InChI=1S/C14H21N3O2/c1-3-14(5-6-14)9-17-11-8-16-12(15)7-10(11)13(18)19-4-2/h7-8,17H,3-6,9H2,1-2H3,(H2,15,16). The maximum absolute atomic E-state index is 11.9. The molecule has 1 aromatic rings. The molecule has 0 aromatic carbocycles. The van der Waals surface area contributed by atoms with E-state index in [0.717, 1.165) is 13.0 Å². The van der Waals surface area contributed by atoms with E-state index in [4.69, 9.17) is 10.5 Å². The van der Waals surface area contributed by atoms with Crippen molar-refractivity contribution in [3.05, 3.63) is 17.8 Å². The lowest BCUT2D eigenvalue weighted by Gasteiger charge is -2.16. The van der Waals surface area contributed by atoms with Crippen molar-refractivity contribution in [3.63, 3.8) is 0 Å². The molecule has 0 spiro atoms. The van der Waals surface area contributed by atoms with Crippen LogP contribution in [0.15, 0.2) is 12.3 Å². The number of ether oxygens (including phenoxy) is 1. The van der Waals surface area contributed by atoms with Crippen LogP contribution in [0.3, 0.4) is 0 Å². The third-order valence-corrected chi connectivity index (χ3v) is 3.78. The highest BCUT2D eigenvalue weighted by atomic mass is 16.5. The first kappa shape index (κ1) is 13.6. The molecule has 19 heavy (non-hydrogen) atoms. The Morgan fingerprint density at radius 2 is 2.26 bits per heavy atom. The zero-order valence-electron chi connectivity index (χ0n) is 11.5. The molecular weight excluding hydrogens is 242 g/mol. The van der Waals surface area contributed by atoms with Crippen molar-refractivity contribution >= 4 is 17.5 Å². The molecule has 0 aliphatic heterocycles. The summed E-state index contributed by atoms with van der Waals surface area (Å²) in [6.07, 6.45) is 5.24. The highest BCUT2D eigenvalue weighted by molar-refractivity contribution is 5.96. The lowest BCUT2D eigenvalue weighted by atomic mass is 10.0. The van der Waals surface area contributed by atoms with E-state index in [0.29, 0.717) is 29.1 Å². The van der Waals surface area contributed by atoms with Gasteiger partial charge in [0.1, 0.15) is 5.82 Å². The number of carbonyl (C=O) groups excluding carboxylic acids is 1. The van der Waals surface area contributed by atoms with Gasteiger partial charge in [0.2, 0.25) is 0 Å². The molecule has 1 heterocycles. The Balaban J connectivity index is 2.12. The highest BCUT2D eigenvalue weighted by Gasteiger charge is 2.40. The number of aromatic nitrogens is 1. The lowest BCUT2D eigenvalue weighted by molar-refractivity contribution is 0.0527. The van der Waals surface area contributed by atoms with Crippen molar-refractivity contribution in [2.24, 2.45) is 5.41 Å². The number of esters is 1. The Bertz CT molecular complexity index is 470. The van der Waals surface area contributed by atoms with Gasteiger partial charge in [0.15, 0.2) is 0 Å². The van der Waals surface area contributed by atoms with Gasteiger partial charge in [-0.3, -0.25) is 0 Å². The zero-order valence-corrected chi connectivity index (χ0v) is 11.5. The lowest BCUT2D eigenvalue weighted by Crippen LogP contribution is -2.17. The minimum atomic E-state index is -0.361. The predicted octanol–water partition coefficient (Wildman–Crippen LogP) is 2.44. The summed E-state index contributed by atoms with van der Waals surface area (Å²) >= 11 is 0. The van der Waals surface area contributed by atoms with Crippen molar-refractivity contribution in [2.75, 3.05) is 24.2 Å². The fraction of sp³-hybridized carbons (Fsp3) is 0.571. The van der Waals surface area contributed by atoms with Crippen molar-refractivity contribution in [2.45, 2.75) is 33.1 Å². The van der Waals surface area contributed by atoms with Crippen molar-refractivity contribution in [3.8, 4) is 0 Å². The maximum Gasteiger partial charge on any atom is 0.340 e. The number of hydrogen-bond donors (Lipinski definition) is 2. The minimum Gasteiger partial charge on any atom is -0.462 e. The Morgan fingerprint density at radius 1 is 1.53 bits per heavy atom. The molecule has 1 aromatic heterocycles. The second-order valence-corrected chi connectivity index (χ2v) is 5.08. The number of nitrogen functional groups attached to an aromatic ring is 1. The average Bonchev–Trinajstić information content (AvgIpc) is 3.18. The van der Waals surface area contributed by atoms with Gasteiger partial charge in [0.25, 0.3) is 0 Å². The van der Waals surface area contributed by atoms with Crippen LogP contribution in [0.5, 0.6) is 0 Å². The molecule has 5 heteroatoms. The fourth-order valence-corrected chi connectivity index (χ4v) is 2.10. The SMILES string of the molecule is CCOC(=O)c1cc(N)ncc1NCC1(CC)CC1. The van der Waals surface area contributed by atoms with Crippen LogP contribution in [0.1, 0.15) is 43.5 Å². The number of anilines is 2. The van der Waals surface area contributed by atoms with E-state index >= 15 is 0 Å². The first-order chi connectivity index (χ1) is 9.10. The van der Waals surface area contributed by atoms with Gasteiger partial charge < -0.3 is 15.8 Å². The van der Waals surface area contributed by atoms with Crippen LogP contribution in [0.2, 0.25) is 0 Å². The smallest absolute Gasteiger partial charge is 0.340 e. The number of carbonyl (C=O) groups is 1. The molecule has 1 fully saturated rings. The monoisotopic (exact) mass is 263 g/mol. The molecule has 1 saturated carbocycles. The average molecular weight is 263 g/mol. The van der Waals surface area contributed by atoms with E-state index in [1.165, 1.54) is 12.8 Å². The van der Waals surface area contributed by atoms with E-state index in [9.17, 15) is 4.79 Å². The van der Waals surface area contributed by atoms with Crippen LogP contribution in [0.25, 0.3) is 0 Å². The van der Waals surface area contributed by atoms with Gasteiger partial charge >= 0.3 is 5.97 Å². The van der Waals surface area contributed by atoms with Crippen LogP contribution in [-0.2, 0) is 4.74 Å². The molecular formula is C14H21N3O2. The second-order valence-electron chi connectivity index (χ2n) is 5.08. The summed E-state index contributed by atoms with van der Waals surface area (Å²) in [5.74, 6) is -0.0364. The molecule has 1 aliphatic rings. The third-order valence-electron chi connectivity index (χ3n) is 3.78. The molecule has 0 bridgehead atoms. The normalized spacial score (nSPS) is 15.9. The number of pyridine rings is 1. The maximum atomic E-state index is 11.9. The number of hydrogen-bond acceptors (Lipinski definition) is 5. The topological polar surface area (TPSA) is 77.2 Å². The Labute approximate surface area is 113 Å². The van der Waals surface area contributed by atoms with Crippen molar-refractivity contribution in [1.29, 1.82) is 0 Å². The molecule has 0 amide bonds. The van der Waals surface area contributed by atoms with Crippen LogP contribution in [0.4, 0.5) is 11.5 Å². The largest absolute Gasteiger partial charge is 0.462 e. The Kier molecular flexibility index (Phi) is 3.93. The van der Waals surface area contributed by atoms with Gasteiger partial charge in [0.05, 0.1) is 24.1 Å². The molecule has 5 nitrogen and oxygen atoms in total. The molecule has 3 N–H and O–H groups in total. The summed E-state index contributed by atoms with van der Waals surface area (Å²) in [6.45, 7) is 5.19. The van der Waals surface area contributed by atoms with E-state index in [-0.39, 0.29) is 5.97 Å². The highest BCUT2D eigenvalue weighted by Crippen LogP contribution is 2.48. The van der Waals surface area contributed by atoms with E-state index in [2.05, 4.69) is 17.2 Å². The van der Waals surface area contributed by atoms with Crippen molar-refractivity contribution in [1.82, 2.24) is 4.98 Å². The second kappa shape index (κ2) is 5.47. The first-order valence-electron chi connectivity index (χ1n) is 6.77. The van der Waals surface area contributed by atoms with Crippen LogP contribution >= 0.6 is 0 Å². The third kappa shape index (κ3) is 3.16. The summed E-state index contributed by atoms with van der Waals surface area (Å²) in [5, 5.41) is 3.31. The molecule has 0 unspecified atom stereocenters. The summed E-state index contributed by atoms with van der Waals surface area (Å²) < 4.78 is 5.04. The van der Waals surface area contributed by atoms with Crippen LogP contribution in [0, 0.1) is 5.41 Å². The van der Waals surface area contributed by atoms with Crippen molar-refractivity contribution < 1.29 is 9.53 Å². The molecule has 0 radical (unpaired) electrons. The summed E-state index contributed by atoms with van der Waals surface area (Å²) in [7, 11) is 0. The van der Waals surface area contributed by atoms with Gasteiger partial charge in [-0.15, -0.1) is 0 Å². The molecule has 2 rings (SSSR count). The van der Waals surface area contributed by atoms with E-state index in [1.807, 2.05) is 0 Å². The molecule has 0 atom stereocenters. The number of nitrogens with two attached hydrogens (primary N) is 1. The fourth-order valence-electron chi connectivity index (χ4n) is 2.10. The molecule has 104 valence electrons. The summed E-state index contributed by atoms with van der Waals surface area (Å²) in [5.41, 5.74) is 7.19. The number of nitrogens with one attached hydrogen (secondary N) is 1. The van der Waals surface area contributed by atoms with Gasteiger partial charge in [-0.2, -0.15) is 0 Å². The number of nitrogens with zero attached hydrogens (tertiary/aromatic N) is 1. The minimum absolute atomic E-state index is 0.324.